The van der Waals surface area contributed by atoms with Crippen molar-refractivity contribution >= 4 is 11.7 Å². The Balaban J connectivity index is 1.47. The molecule has 1 saturated carbocycles. The number of carbonyl (C=O) groups is 1. The average molecular weight is 406 g/mol. The molecule has 0 aromatic carbocycles. The highest BCUT2D eigenvalue weighted by Crippen LogP contribution is 2.40. The van der Waals surface area contributed by atoms with E-state index in [1.807, 2.05) is 6.92 Å². The van der Waals surface area contributed by atoms with E-state index in [1.165, 1.54) is 23.1 Å². The first-order chi connectivity index (χ1) is 14.6. The van der Waals surface area contributed by atoms with Crippen LogP contribution in [0.15, 0.2) is 50.3 Å². The maximum absolute atomic E-state index is 12.8. The average Bonchev–Trinajstić information content (AvgIpc) is 3.15. The predicted molar refractivity (Wildman–Crippen MR) is 105 cm³/mol. The zero-order chi connectivity index (χ0) is 20.7. The van der Waals surface area contributed by atoms with Crippen LogP contribution in [-0.2, 0) is 6.42 Å². The van der Waals surface area contributed by atoms with E-state index in [1.54, 1.807) is 18.2 Å². The summed E-state index contributed by atoms with van der Waals surface area (Å²) >= 11 is 0. The zero-order valence-corrected chi connectivity index (χ0v) is 16.1. The Kier molecular flexibility index (Phi) is 4.31. The third-order valence-electron chi connectivity index (χ3n) is 4.82. The number of aryl methyl sites for hydroxylation is 1. The first kappa shape index (κ1) is 18.1. The molecule has 0 saturated heterocycles. The second-order valence-electron chi connectivity index (χ2n) is 7.06. The standard InChI is InChI=1S/C20H18N6O4/c1-2-12-8-18(27)23-20(21-12)26-17(10-13(24-26)11-5-6-11)22-19(28)14-9-16(30-25-14)15-4-3-7-29-15/h3-4,7-11H,2,5-6H2,1H3,(H,22,28)(H,21,23,27). The Labute approximate surface area is 169 Å². The van der Waals surface area contributed by atoms with Crippen LogP contribution in [0.3, 0.4) is 0 Å². The molecule has 0 radical (unpaired) electrons. The molecule has 30 heavy (non-hydrogen) atoms. The number of amides is 1. The fourth-order valence-corrected chi connectivity index (χ4v) is 3.10. The lowest BCUT2D eigenvalue weighted by molar-refractivity contribution is 0.101. The van der Waals surface area contributed by atoms with E-state index in [4.69, 9.17) is 8.94 Å². The normalized spacial score (nSPS) is 13.5. The summed E-state index contributed by atoms with van der Waals surface area (Å²) in [5.41, 5.74) is 1.28. The van der Waals surface area contributed by atoms with Gasteiger partial charge in [0, 0.05) is 29.8 Å². The minimum atomic E-state index is -0.478. The molecular formula is C20H18N6O4. The van der Waals surface area contributed by atoms with E-state index in [0.29, 0.717) is 35.4 Å². The smallest absolute Gasteiger partial charge is 0.279 e. The molecule has 1 aliphatic carbocycles. The second kappa shape index (κ2) is 7.14. The molecule has 0 aliphatic heterocycles. The van der Waals surface area contributed by atoms with E-state index in [0.717, 1.165) is 18.5 Å². The van der Waals surface area contributed by atoms with Crippen molar-refractivity contribution in [3.63, 3.8) is 0 Å². The molecule has 0 atom stereocenters. The number of hydrogen-bond donors (Lipinski definition) is 2. The van der Waals surface area contributed by atoms with Gasteiger partial charge in [0.05, 0.1) is 12.0 Å². The fraction of sp³-hybridized carbons (Fsp3) is 0.250. The molecule has 4 aromatic rings. The van der Waals surface area contributed by atoms with Gasteiger partial charge in [-0.25, -0.2) is 4.98 Å². The third-order valence-corrected chi connectivity index (χ3v) is 4.82. The van der Waals surface area contributed by atoms with Gasteiger partial charge in [-0.05, 0) is 31.4 Å². The summed E-state index contributed by atoms with van der Waals surface area (Å²) < 4.78 is 11.9. The summed E-state index contributed by atoms with van der Waals surface area (Å²) in [6.07, 6.45) is 4.19. The van der Waals surface area contributed by atoms with Crippen LogP contribution < -0.4 is 10.9 Å². The Morgan fingerprint density at radius 3 is 2.90 bits per heavy atom. The van der Waals surface area contributed by atoms with Crippen molar-refractivity contribution in [1.82, 2.24) is 24.9 Å². The summed E-state index contributed by atoms with van der Waals surface area (Å²) in [5.74, 6) is 1.33. The van der Waals surface area contributed by atoms with Crippen LogP contribution in [0.5, 0.6) is 0 Å². The Morgan fingerprint density at radius 1 is 1.30 bits per heavy atom. The fourth-order valence-electron chi connectivity index (χ4n) is 3.10. The maximum Gasteiger partial charge on any atom is 0.279 e. The van der Waals surface area contributed by atoms with E-state index in [-0.39, 0.29) is 17.2 Å². The zero-order valence-electron chi connectivity index (χ0n) is 16.1. The van der Waals surface area contributed by atoms with Crippen LogP contribution >= 0.6 is 0 Å². The molecule has 0 unspecified atom stereocenters. The number of H-pyrrole nitrogens is 1. The van der Waals surface area contributed by atoms with Crippen molar-refractivity contribution < 1.29 is 13.7 Å². The highest BCUT2D eigenvalue weighted by atomic mass is 16.5. The van der Waals surface area contributed by atoms with Crippen LogP contribution in [0.4, 0.5) is 5.82 Å². The molecule has 0 bridgehead atoms. The summed E-state index contributed by atoms with van der Waals surface area (Å²) in [7, 11) is 0. The van der Waals surface area contributed by atoms with E-state index in [9.17, 15) is 9.59 Å². The van der Waals surface area contributed by atoms with Crippen molar-refractivity contribution in [2.45, 2.75) is 32.1 Å². The largest absolute Gasteiger partial charge is 0.461 e. The van der Waals surface area contributed by atoms with Crippen molar-refractivity contribution in [1.29, 1.82) is 0 Å². The number of furan rings is 1. The number of nitrogens with one attached hydrogen (secondary N) is 2. The second-order valence-corrected chi connectivity index (χ2v) is 7.06. The third kappa shape index (κ3) is 3.43. The minimum Gasteiger partial charge on any atom is -0.461 e. The number of nitrogens with zero attached hydrogens (tertiary/aromatic N) is 4. The lowest BCUT2D eigenvalue weighted by Crippen LogP contribution is -2.19. The molecule has 0 spiro atoms. The van der Waals surface area contributed by atoms with Crippen molar-refractivity contribution in [3.8, 4) is 17.5 Å². The first-order valence-electron chi connectivity index (χ1n) is 9.63. The maximum atomic E-state index is 12.8. The van der Waals surface area contributed by atoms with E-state index in [2.05, 4.69) is 25.5 Å². The molecule has 1 fully saturated rings. The molecule has 4 heterocycles. The number of hydrogen-bond acceptors (Lipinski definition) is 7. The van der Waals surface area contributed by atoms with Gasteiger partial charge in [0.1, 0.15) is 5.82 Å². The Hall–Kier alpha value is -3.95. The molecule has 152 valence electrons. The van der Waals surface area contributed by atoms with Gasteiger partial charge in [0.2, 0.25) is 11.7 Å². The van der Waals surface area contributed by atoms with Crippen molar-refractivity contribution in [2.75, 3.05) is 5.32 Å². The topological polar surface area (TPSA) is 132 Å². The highest BCUT2D eigenvalue weighted by molar-refractivity contribution is 6.02. The summed E-state index contributed by atoms with van der Waals surface area (Å²) in [5, 5.41) is 11.2. The predicted octanol–water partition coefficient (Wildman–Crippen LogP) is 2.90. The molecular weight excluding hydrogens is 388 g/mol. The molecule has 4 aromatic heterocycles. The van der Waals surface area contributed by atoms with Crippen LogP contribution in [-0.4, -0.2) is 30.8 Å². The lowest BCUT2D eigenvalue weighted by Gasteiger charge is -2.07. The summed E-state index contributed by atoms with van der Waals surface area (Å²) in [6, 6.07) is 8.16. The van der Waals surface area contributed by atoms with Gasteiger partial charge in [-0.3, -0.25) is 14.6 Å². The Morgan fingerprint density at radius 2 is 2.17 bits per heavy atom. The summed E-state index contributed by atoms with van der Waals surface area (Å²) in [4.78, 5) is 31.9. The van der Waals surface area contributed by atoms with E-state index < -0.39 is 5.91 Å². The molecule has 5 rings (SSSR count). The van der Waals surface area contributed by atoms with Gasteiger partial charge in [-0.2, -0.15) is 9.78 Å². The SMILES string of the molecule is CCc1cc(=O)[nH]c(-n2nc(C3CC3)cc2NC(=O)c2cc(-c3ccco3)on2)n1. The Bertz CT molecular complexity index is 1260. The quantitative estimate of drug-likeness (QED) is 0.503. The molecule has 10 heteroatoms. The van der Waals surface area contributed by atoms with Crippen LogP contribution in [0.1, 0.15) is 47.6 Å². The number of rotatable bonds is 6. The number of aromatic nitrogens is 5. The van der Waals surface area contributed by atoms with Crippen LogP contribution in [0, 0.1) is 0 Å². The van der Waals surface area contributed by atoms with Gasteiger partial charge in [0.25, 0.3) is 11.5 Å². The van der Waals surface area contributed by atoms with Gasteiger partial charge >= 0.3 is 0 Å². The lowest BCUT2D eigenvalue weighted by atomic mass is 10.3. The minimum absolute atomic E-state index is 0.0888. The number of anilines is 1. The monoisotopic (exact) mass is 406 g/mol. The molecule has 10 nitrogen and oxygen atoms in total. The van der Waals surface area contributed by atoms with Gasteiger partial charge in [-0.1, -0.05) is 12.1 Å². The van der Waals surface area contributed by atoms with Gasteiger partial charge in [-0.15, -0.1) is 0 Å². The van der Waals surface area contributed by atoms with Crippen molar-refractivity contribution in [2.24, 2.45) is 0 Å². The molecule has 1 amide bonds. The van der Waals surface area contributed by atoms with E-state index >= 15 is 0 Å². The first-order valence-corrected chi connectivity index (χ1v) is 9.63. The van der Waals surface area contributed by atoms with Crippen LogP contribution in [0.2, 0.25) is 0 Å². The summed E-state index contributed by atoms with van der Waals surface area (Å²) in [6.45, 7) is 1.91. The molecule has 1 aliphatic rings. The van der Waals surface area contributed by atoms with Crippen LogP contribution in [0.25, 0.3) is 17.5 Å². The number of carbonyl (C=O) groups excluding carboxylic acids is 1. The van der Waals surface area contributed by atoms with Gasteiger partial charge < -0.3 is 14.3 Å². The van der Waals surface area contributed by atoms with Crippen molar-refractivity contribution in [3.05, 3.63) is 64.0 Å². The number of aromatic amines is 1. The highest BCUT2D eigenvalue weighted by Gasteiger charge is 2.29. The van der Waals surface area contributed by atoms with Gasteiger partial charge in [0.15, 0.2) is 11.5 Å². The molecule has 2 N–H and O–H groups in total.